The van der Waals surface area contributed by atoms with E-state index < -0.39 is 0 Å². The van der Waals surface area contributed by atoms with E-state index in [1.54, 1.807) is 12.1 Å². The van der Waals surface area contributed by atoms with E-state index in [0.29, 0.717) is 5.92 Å². The van der Waals surface area contributed by atoms with Crippen LogP contribution < -0.4 is 5.48 Å². The Kier molecular flexibility index (Phi) is 2.79. The molecule has 14 heavy (non-hydrogen) atoms. The third-order valence-corrected chi connectivity index (χ3v) is 2.94. The van der Waals surface area contributed by atoms with Gasteiger partial charge in [0, 0.05) is 6.04 Å². The number of halogens is 1. The maximum Gasteiger partial charge on any atom is 0.123 e. The van der Waals surface area contributed by atoms with Gasteiger partial charge in [0.2, 0.25) is 0 Å². The number of hydroxylamine groups is 1. The molecule has 1 aliphatic rings. The molecular formula is C11H14FNO. The van der Waals surface area contributed by atoms with Crippen molar-refractivity contribution in [2.75, 3.05) is 0 Å². The molecule has 3 heteroatoms. The Balaban J connectivity index is 2.09. The summed E-state index contributed by atoms with van der Waals surface area (Å²) < 4.78 is 12.9. The zero-order valence-corrected chi connectivity index (χ0v) is 7.91. The largest absolute Gasteiger partial charge is 0.317 e. The molecule has 0 aliphatic heterocycles. The molecule has 2 rings (SSSR count). The molecule has 1 fully saturated rings. The summed E-state index contributed by atoms with van der Waals surface area (Å²) in [5.74, 6) is 0.207. The lowest BCUT2D eigenvalue weighted by Crippen LogP contribution is -2.21. The predicted octanol–water partition coefficient (Wildman–Crippen LogP) is 2.44. The Morgan fingerprint density at radius 1 is 1.36 bits per heavy atom. The molecule has 0 radical (unpaired) electrons. The molecule has 2 atom stereocenters. The first-order chi connectivity index (χ1) is 6.79. The zero-order valence-electron chi connectivity index (χ0n) is 7.91. The van der Waals surface area contributed by atoms with Gasteiger partial charge in [0.25, 0.3) is 0 Å². The summed E-state index contributed by atoms with van der Waals surface area (Å²) in [6, 6.07) is 6.91. The van der Waals surface area contributed by atoms with Gasteiger partial charge in [0.15, 0.2) is 0 Å². The van der Waals surface area contributed by atoms with Crippen molar-refractivity contribution in [1.82, 2.24) is 5.48 Å². The average molecular weight is 195 g/mol. The van der Waals surface area contributed by atoms with Crippen molar-refractivity contribution in [3.05, 3.63) is 35.6 Å². The topological polar surface area (TPSA) is 32.3 Å². The summed E-state index contributed by atoms with van der Waals surface area (Å²) in [6.07, 6.45) is 2.86. The van der Waals surface area contributed by atoms with Crippen LogP contribution in [-0.4, -0.2) is 11.2 Å². The predicted molar refractivity (Wildman–Crippen MR) is 51.7 cm³/mol. The lowest BCUT2D eigenvalue weighted by atomic mass is 9.97. The van der Waals surface area contributed by atoms with Gasteiger partial charge in [-0.05, 0) is 42.9 Å². The van der Waals surface area contributed by atoms with E-state index in [2.05, 4.69) is 5.48 Å². The molecule has 0 bridgehead atoms. The number of benzene rings is 1. The van der Waals surface area contributed by atoms with E-state index in [-0.39, 0.29) is 11.9 Å². The molecule has 0 aromatic heterocycles. The van der Waals surface area contributed by atoms with Crippen LogP contribution in [0.3, 0.4) is 0 Å². The third kappa shape index (κ3) is 1.94. The minimum atomic E-state index is -0.178. The number of rotatable bonds is 2. The molecule has 76 valence electrons. The molecule has 2 nitrogen and oxygen atoms in total. The van der Waals surface area contributed by atoms with Crippen molar-refractivity contribution in [3.8, 4) is 0 Å². The first-order valence-corrected chi connectivity index (χ1v) is 4.94. The minimum absolute atomic E-state index is 0.170. The van der Waals surface area contributed by atoms with Crippen LogP contribution in [0, 0.1) is 5.82 Å². The molecule has 0 unspecified atom stereocenters. The summed E-state index contributed by atoms with van der Waals surface area (Å²) in [7, 11) is 0. The Labute approximate surface area is 82.7 Å². The Bertz CT molecular complexity index is 316. The van der Waals surface area contributed by atoms with Gasteiger partial charge in [0.1, 0.15) is 5.82 Å². The van der Waals surface area contributed by atoms with Gasteiger partial charge >= 0.3 is 0 Å². The second-order valence-electron chi connectivity index (χ2n) is 3.89. The van der Waals surface area contributed by atoms with Crippen molar-refractivity contribution in [2.45, 2.75) is 31.2 Å². The summed E-state index contributed by atoms with van der Waals surface area (Å²) in [4.78, 5) is 0. The normalized spacial score (nSPS) is 26.7. The zero-order chi connectivity index (χ0) is 9.97. The van der Waals surface area contributed by atoms with Crippen molar-refractivity contribution in [3.63, 3.8) is 0 Å². The van der Waals surface area contributed by atoms with Gasteiger partial charge in [-0.1, -0.05) is 12.1 Å². The van der Waals surface area contributed by atoms with E-state index in [1.165, 1.54) is 6.07 Å². The van der Waals surface area contributed by atoms with Gasteiger partial charge in [-0.2, -0.15) is 0 Å². The highest BCUT2D eigenvalue weighted by atomic mass is 19.1. The summed E-state index contributed by atoms with van der Waals surface area (Å²) >= 11 is 0. The van der Waals surface area contributed by atoms with Crippen LogP contribution in [-0.2, 0) is 0 Å². The fourth-order valence-corrected chi connectivity index (χ4v) is 2.16. The summed E-state index contributed by atoms with van der Waals surface area (Å²) in [5.41, 5.74) is 3.33. The highest BCUT2D eigenvalue weighted by Crippen LogP contribution is 2.34. The number of hydrogen-bond acceptors (Lipinski definition) is 2. The van der Waals surface area contributed by atoms with Crippen LogP contribution in [0.2, 0.25) is 0 Å². The third-order valence-electron chi connectivity index (χ3n) is 2.94. The Morgan fingerprint density at radius 3 is 2.86 bits per heavy atom. The molecule has 1 saturated carbocycles. The molecular weight excluding hydrogens is 181 g/mol. The second-order valence-corrected chi connectivity index (χ2v) is 3.89. The molecule has 0 spiro atoms. The van der Waals surface area contributed by atoms with Crippen LogP contribution in [0.5, 0.6) is 0 Å². The molecule has 1 aromatic carbocycles. The molecule has 1 aliphatic carbocycles. The summed E-state index contributed by atoms with van der Waals surface area (Å²) in [6.45, 7) is 0. The lowest BCUT2D eigenvalue weighted by molar-refractivity contribution is 0.127. The Morgan fingerprint density at radius 2 is 2.21 bits per heavy atom. The van der Waals surface area contributed by atoms with Crippen LogP contribution in [0.1, 0.15) is 30.7 Å². The average Bonchev–Trinajstić information content (AvgIpc) is 2.66. The first kappa shape index (κ1) is 9.62. The van der Waals surface area contributed by atoms with Crippen LogP contribution in [0.4, 0.5) is 4.39 Å². The lowest BCUT2D eigenvalue weighted by Gasteiger charge is -2.10. The SMILES string of the molecule is ON[C@@H]1CC[C@H](c2cccc(F)c2)C1. The van der Waals surface area contributed by atoms with E-state index in [9.17, 15) is 4.39 Å². The first-order valence-electron chi connectivity index (χ1n) is 4.94. The monoisotopic (exact) mass is 195 g/mol. The molecule has 0 amide bonds. The van der Waals surface area contributed by atoms with Crippen molar-refractivity contribution in [1.29, 1.82) is 0 Å². The van der Waals surface area contributed by atoms with Gasteiger partial charge in [0.05, 0.1) is 0 Å². The molecule has 2 N–H and O–H groups in total. The maximum atomic E-state index is 12.9. The van der Waals surface area contributed by atoms with Crippen LogP contribution in [0.15, 0.2) is 24.3 Å². The number of hydrogen-bond donors (Lipinski definition) is 2. The highest BCUT2D eigenvalue weighted by Gasteiger charge is 2.25. The van der Waals surface area contributed by atoms with Crippen LogP contribution >= 0.6 is 0 Å². The minimum Gasteiger partial charge on any atom is -0.317 e. The van der Waals surface area contributed by atoms with Crippen LogP contribution in [0.25, 0.3) is 0 Å². The fraction of sp³-hybridized carbons (Fsp3) is 0.455. The summed E-state index contributed by atoms with van der Waals surface area (Å²) in [5, 5.41) is 8.76. The highest BCUT2D eigenvalue weighted by molar-refractivity contribution is 5.22. The van der Waals surface area contributed by atoms with Crippen molar-refractivity contribution in [2.24, 2.45) is 0 Å². The maximum absolute atomic E-state index is 12.9. The van der Waals surface area contributed by atoms with E-state index >= 15 is 0 Å². The van der Waals surface area contributed by atoms with Gasteiger partial charge in [-0.25, -0.2) is 9.87 Å². The second kappa shape index (κ2) is 4.07. The van der Waals surface area contributed by atoms with E-state index in [4.69, 9.17) is 5.21 Å². The molecule has 0 saturated heterocycles. The fourth-order valence-electron chi connectivity index (χ4n) is 2.16. The van der Waals surface area contributed by atoms with Gasteiger partial charge in [-0.3, -0.25) is 0 Å². The van der Waals surface area contributed by atoms with E-state index in [1.807, 2.05) is 6.07 Å². The standard InChI is InChI=1S/C11H14FNO/c12-10-3-1-2-8(6-10)9-4-5-11(7-9)13-14/h1-3,6,9,11,13-14H,4-5,7H2/t9-,11+/m0/s1. The van der Waals surface area contributed by atoms with Crippen molar-refractivity contribution >= 4 is 0 Å². The van der Waals surface area contributed by atoms with Gasteiger partial charge in [-0.15, -0.1) is 0 Å². The Hall–Kier alpha value is -0.930. The smallest absolute Gasteiger partial charge is 0.123 e. The van der Waals surface area contributed by atoms with Crippen molar-refractivity contribution < 1.29 is 9.60 Å². The molecule has 0 heterocycles. The van der Waals surface area contributed by atoms with E-state index in [0.717, 1.165) is 24.8 Å². The van der Waals surface area contributed by atoms with Gasteiger partial charge < -0.3 is 5.21 Å². The molecule has 1 aromatic rings. The quantitative estimate of drug-likeness (QED) is 0.710. The number of nitrogens with one attached hydrogen (secondary N) is 1.